The van der Waals surface area contributed by atoms with Crippen LogP contribution in [0.1, 0.15) is 31.5 Å². The van der Waals surface area contributed by atoms with E-state index in [0.717, 1.165) is 44.2 Å². The summed E-state index contributed by atoms with van der Waals surface area (Å²) in [6.45, 7) is 5.18. The molecule has 0 saturated carbocycles. The van der Waals surface area contributed by atoms with Crippen LogP contribution in [0.15, 0.2) is 4.52 Å². The minimum atomic E-state index is 0.0155. The highest BCUT2D eigenvalue weighted by Gasteiger charge is 2.34. The molecule has 1 atom stereocenters. The molecule has 0 spiro atoms. The van der Waals surface area contributed by atoms with E-state index >= 15 is 0 Å². The molecular weight excluding hydrogens is 216 g/mol. The molecule has 96 valence electrons. The van der Waals surface area contributed by atoms with Gasteiger partial charge in [-0.05, 0) is 40.4 Å². The Balaban J connectivity index is 2.01. The average Bonchev–Trinajstić information content (AvgIpc) is 2.76. The van der Waals surface area contributed by atoms with E-state index in [0.29, 0.717) is 0 Å². The highest BCUT2D eigenvalue weighted by atomic mass is 16.5. The zero-order valence-corrected chi connectivity index (χ0v) is 11.0. The summed E-state index contributed by atoms with van der Waals surface area (Å²) in [4.78, 5) is 6.66. The van der Waals surface area contributed by atoms with Crippen molar-refractivity contribution in [3.8, 4) is 0 Å². The quantitative estimate of drug-likeness (QED) is 0.841. The van der Waals surface area contributed by atoms with Crippen molar-refractivity contribution in [2.75, 3.05) is 33.7 Å². The van der Waals surface area contributed by atoms with Crippen molar-refractivity contribution in [1.29, 1.82) is 0 Å². The number of hydrogen-bond donors (Lipinski definition) is 1. The highest BCUT2D eigenvalue weighted by molar-refractivity contribution is 5.06. The van der Waals surface area contributed by atoms with E-state index in [1.165, 1.54) is 6.42 Å². The third-order valence-corrected chi connectivity index (χ3v) is 3.36. The maximum Gasteiger partial charge on any atom is 0.233 e. The molecule has 1 fully saturated rings. The van der Waals surface area contributed by atoms with Gasteiger partial charge in [0.1, 0.15) is 0 Å². The van der Waals surface area contributed by atoms with E-state index in [-0.39, 0.29) is 5.41 Å². The first-order valence-electron chi connectivity index (χ1n) is 6.29. The van der Waals surface area contributed by atoms with Crippen LogP contribution in [0.5, 0.6) is 0 Å². The highest BCUT2D eigenvalue weighted by Crippen LogP contribution is 2.29. The van der Waals surface area contributed by atoms with Gasteiger partial charge in [0.05, 0.1) is 5.41 Å². The van der Waals surface area contributed by atoms with Gasteiger partial charge in [-0.1, -0.05) is 5.16 Å². The Kier molecular flexibility index (Phi) is 3.79. The first kappa shape index (κ1) is 12.5. The van der Waals surface area contributed by atoms with Crippen molar-refractivity contribution in [2.24, 2.45) is 0 Å². The summed E-state index contributed by atoms with van der Waals surface area (Å²) in [5.41, 5.74) is 0.0155. The van der Waals surface area contributed by atoms with Crippen LogP contribution in [0, 0.1) is 0 Å². The predicted octanol–water partition coefficient (Wildman–Crippen LogP) is 0.815. The fourth-order valence-corrected chi connectivity index (χ4v) is 2.16. The fourth-order valence-electron chi connectivity index (χ4n) is 2.16. The molecule has 2 heterocycles. The van der Waals surface area contributed by atoms with Gasteiger partial charge in [0.15, 0.2) is 5.82 Å². The summed E-state index contributed by atoms with van der Waals surface area (Å²) < 4.78 is 5.42. The Labute approximate surface area is 103 Å². The van der Waals surface area contributed by atoms with Crippen LogP contribution in [-0.2, 0) is 11.8 Å². The lowest BCUT2D eigenvalue weighted by molar-refractivity contribution is 0.244. The van der Waals surface area contributed by atoms with Crippen molar-refractivity contribution in [3.05, 3.63) is 11.7 Å². The second kappa shape index (κ2) is 5.14. The lowest BCUT2D eigenvalue weighted by Gasteiger charge is -2.30. The number of aromatic nitrogens is 2. The van der Waals surface area contributed by atoms with Gasteiger partial charge in [0, 0.05) is 19.5 Å². The van der Waals surface area contributed by atoms with Crippen LogP contribution in [0.3, 0.4) is 0 Å². The Hall–Kier alpha value is -0.940. The molecule has 5 nitrogen and oxygen atoms in total. The Bertz CT molecular complexity index is 355. The van der Waals surface area contributed by atoms with Crippen molar-refractivity contribution in [3.63, 3.8) is 0 Å². The molecule has 1 unspecified atom stereocenters. The van der Waals surface area contributed by atoms with E-state index in [9.17, 15) is 0 Å². The van der Waals surface area contributed by atoms with E-state index in [1.54, 1.807) is 0 Å². The minimum absolute atomic E-state index is 0.0155. The smallest absolute Gasteiger partial charge is 0.233 e. The molecule has 1 N–H and O–H groups in total. The maximum absolute atomic E-state index is 5.42. The van der Waals surface area contributed by atoms with E-state index in [4.69, 9.17) is 4.52 Å². The number of hydrogen-bond acceptors (Lipinski definition) is 5. The molecule has 1 aromatic heterocycles. The van der Waals surface area contributed by atoms with Gasteiger partial charge in [-0.15, -0.1) is 0 Å². The van der Waals surface area contributed by atoms with E-state index in [1.807, 2.05) is 14.1 Å². The number of nitrogens with zero attached hydrogens (tertiary/aromatic N) is 3. The molecule has 2 rings (SSSR count). The monoisotopic (exact) mass is 238 g/mol. The van der Waals surface area contributed by atoms with Crippen LogP contribution in [0.2, 0.25) is 0 Å². The SMILES string of the molecule is CN(C)CCc1noc(C2(C)CCCNC2)n1. The molecular formula is C12H22N4O. The largest absolute Gasteiger partial charge is 0.339 e. The summed E-state index contributed by atoms with van der Waals surface area (Å²) in [6.07, 6.45) is 3.14. The summed E-state index contributed by atoms with van der Waals surface area (Å²) >= 11 is 0. The third-order valence-electron chi connectivity index (χ3n) is 3.36. The molecule has 0 aromatic carbocycles. The van der Waals surface area contributed by atoms with Gasteiger partial charge in [-0.25, -0.2) is 0 Å². The molecule has 0 aliphatic carbocycles. The average molecular weight is 238 g/mol. The molecule has 1 aliphatic heterocycles. The first-order chi connectivity index (χ1) is 8.10. The minimum Gasteiger partial charge on any atom is -0.339 e. The number of rotatable bonds is 4. The summed E-state index contributed by atoms with van der Waals surface area (Å²) in [5, 5.41) is 7.47. The number of likely N-dealkylation sites (N-methyl/N-ethyl adjacent to an activating group) is 1. The van der Waals surface area contributed by atoms with Gasteiger partial charge in [-0.3, -0.25) is 0 Å². The van der Waals surface area contributed by atoms with Gasteiger partial charge < -0.3 is 14.7 Å². The second-order valence-electron chi connectivity index (χ2n) is 5.41. The zero-order chi connectivity index (χ0) is 12.3. The molecule has 1 aliphatic rings. The maximum atomic E-state index is 5.42. The van der Waals surface area contributed by atoms with Gasteiger partial charge in [0.2, 0.25) is 5.89 Å². The third kappa shape index (κ3) is 3.04. The van der Waals surface area contributed by atoms with E-state index in [2.05, 4.69) is 27.3 Å². The topological polar surface area (TPSA) is 54.2 Å². The Morgan fingerprint density at radius 2 is 2.29 bits per heavy atom. The summed E-state index contributed by atoms with van der Waals surface area (Å²) in [6, 6.07) is 0. The van der Waals surface area contributed by atoms with Crippen molar-refractivity contribution in [1.82, 2.24) is 20.4 Å². The van der Waals surface area contributed by atoms with Crippen LogP contribution < -0.4 is 5.32 Å². The zero-order valence-electron chi connectivity index (χ0n) is 11.0. The molecule has 1 saturated heterocycles. The lowest BCUT2D eigenvalue weighted by atomic mass is 9.83. The van der Waals surface area contributed by atoms with Crippen molar-refractivity contribution in [2.45, 2.75) is 31.6 Å². The van der Waals surface area contributed by atoms with Crippen LogP contribution >= 0.6 is 0 Å². The number of piperidine rings is 1. The molecule has 1 aromatic rings. The normalized spacial score (nSPS) is 25.4. The molecule has 5 heteroatoms. The second-order valence-corrected chi connectivity index (χ2v) is 5.41. The van der Waals surface area contributed by atoms with Gasteiger partial charge in [0.25, 0.3) is 0 Å². The van der Waals surface area contributed by atoms with Gasteiger partial charge >= 0.3 is 0 Å². The van der Waals surface area contributed by atoms with Gasteiger partial charge in [-0.2, -0.15) is 4.98 Å². The standard InChI is InChI=1S/C12H22N4O/c1-12(6-4-7-13-9-12)11-14-10(15-17-11)5-8-16(2)3/h13H,4-9H2,1-3H3. The molecule has 0 bridgehead atoms. The lowest BCUT2D eigenvalue weighted by Crippen LogP contribution is -2.41. The van der Waals surface area contributed by atoms with Crippen LogP contribution in [0.25, 0.3) is 0 Å². The predicted molar refractivity (Wildman–Crippen MR) is 66.0 cm³/mol. The number of nitrogens with one attached hydrogen (secondary N) is 1. The fraction of sp³-hybridized carbons (Fsp3) is 0.833. The van der Waals surface area contributed by atoms with Crippen LogP contribution in [-0.4, -0.2) is 48.8 Å². The first-order valence-corrected chi connectivity index (χ1v) is 6.29. The van der Waals surface area contributed by atoms with Crippen molar-refractivity contribution >= 4 is 0 Å². The molecule has 17 heavy (non-hydrogen) atoms. The molecule has 0 amide bonds. The summed E-state index contributed by atoms with van der Waals surface area (Å²) in [7, 11) is 4.10. The molecule has 0 radical (unpaired) electrons. The van der Waals surface area contributed by atoms with E-state index < -0.39 is 0 Å². The van der Waals surface area contributed by atoms with Crippen LogP contribution in [0.4, 0.5) is 0 Å². The van der Waals surface area contributed by atoms with Crippen molar-refractivity contribution < 1.29 is 4.52 Å². The Morgan fingerprint density at radius 1 is 1.47 bits per heavy atom. The summed E-state index contributed by atoms with van der Waals surface area (Å²) in [5.74, 6) is 1.61. The Morgan fingerprint density at radius 3 is 2.94 bits per heavy atom.